The van der Waals surface area contributed by atoms with Crippen molar-refractivity contribution in [2.75, 3.05) is 5.32 Å². The number of nitriles is 1. The van der Waals surface area contributed by atoms with Gasteiger partial charge in [-0.2, -0.15) is 18.4 Å². The smallest absolute Gasteiger partial charge is 0.382 e. The number of hydrogen-bond donors (Lipinski definition) is 1. The van der Waals surface area contributed by atoms with Gasteiger partial charge >= 0.3 is 6.18 Å². The molecule has 0 spiro atoms. The lowest BCUT2D eigenvalue weighted by Gasteiger charge is -2.15. The Morgan fingerprint density at radius 1 is 1.41 bits per heavy atom. The molecule has 0 aromatic heterocycles. The van der Waals surface area contributed by atoms with E-state index in [-0.39, 0.29) is 12.5 Å². The minimum atomic E-state index is -4.38. The van der Waals surface area contributed by atoms with Crippen LogP contribution in [0.4, 0.5) is 18.9 Å². The SMILES string of the molecule is CC(CC#N)Nc1cc(Br)cc(C(F)(F)F)c1. The first kappa shape index (κ1) is 13.8. The third-order valence-electron chi connectivity index (χ3n) is 2.04. The third kappa shape index (κ3) is 4.27. The number of alkyl halides is 3. The van der Waals surface area contributed by atoms with Crippen molar-refractivity contribution in [3.05, 3.63) is 28.2 Å². The molecule has 0 radical (unpaired) electrons. The zero-order chi connectivity index (χ0) is 13.1. The maximum Gasteiger partial charge on any atom is 0.416 e. The summed E-state index contributed by atoms with van der Waals surface area (Å²) in [5.41, 5.74) is -0.381. The standard InChI is InChI=1S/C11H10BrF3N2/c1-7(2-3-16)17-10-5-8(11(13,14)15)4-9(12)6-10/h4-7,17H,2H2,1H3. The number of benzene rings is 1. The lowest BCUT2D eigenvalue weighted by molar-refractivity contribution is -0.137. The normalized spacial score (nSPS) is 12.9. The van der Waals surface area contributed by atoms with Crippen molar-refractivity contribution in [2.45, 2.75) is 25.6 Å². The van der Waals surface area contributed by atoms with Crippen molar-refractivity contribution in [3.8, 4) is 6.07 Å². The van der Waals surface area contributed by atoms with Crippen molar-refractivity contribution in [3.63, 3.8) is 0 Å². The highest BCUT2D eigenvalue weighted by atomic mass is 79.9. The molecule has 0 aliphatic carbocycles. The Balaban J connectivity index is 2.95. The van der Waals surface area contributed by atoms with E-state index in [4.69, 9.17) is 5.26 Å². The first-order valence-electron chi connectivity index (χ1n) is 4.84. The molecule has 1 atom stereocenters. The fraction of sp³-hybridized carbons (Fsp3) is 0.364. The topological polar surface area (TPSA) is 35.8 Å². The number of hydrogen-bond acceptors (Lipinski definition) is 2. The lowest BCUT2D eigenvalue weighted by Crippen LogP contribution is -2.15. The van der Waals surface area contributed by atoms with Crippen LogP contribution in [0.1, 0.15) is 18.9 Å². The van der Waals surface area contributed by atoms with Crippen molar-refractivity contribution >= 4 is 21.6 Å². The van der Waals surface area contributed by atoms with Gasteiger partial charge in [-0.1, -0.05) is 15.9 Å². The molecule has 0 amide bonds. The average molecular weight is 307 g/mol. The zero-order valence-corrected chi connectivity index (χ0v) is 10.6. The monoisotopic (exact) mass is 306 g/mol. The predicted octanol–water partition coefficient (Wildman–Crippen LogP) is 4.18. The summed E-state index contributed by atoms with van der Waals surface area (Å²) >= 11 is 3.03. The van der Waals surface area contributed by atoms with Crippen LogP contribution in [0.3, 0.4) is 0 Å². The van der Waals surface area contributed by atoms with Gasteiger partial charge in [0.25, 0.3) is 0 Å². The van der Waals surface area contributed by atoms with Crippen LogP contribution in [-0.4, -0.2) is 6.04 Å². The first-order chi connectivity index (χ1) is 7.82. The summed E-state index contributed by atoms with van der Waals surface area (Å²) in [5, 5.41) is 11.3. The molecule has 1 N–H and O–H groups in total. The zero-order valence-electron chi connectivity index (χ0n) is 8.98. The summed E-state index contributed by atoms with van der Waals surface area (Å²) in [7, 11) is 0. The van der Waals surface area contributed by atoms with Gasteiger partial charge in [0.15, 0.2) is 0 Å². The molecule has 0 saturated carbocycles. The summed E-state index contributed by atoms with van der Waals surface area (Å²) in [6.07, 6.45) is -4.15. The minimum absolute atomic E-state index is 0.199. The van der Waals surface area contributed by atoms with E-state index in [0.29, 0.717) is 10.2 Å². The molecule has 0 saturated heterocycles. The molecule has 92 valence electrons. The van der Waals surface area contributed by atoms with Gasteiger partial charge in [-0.05, 0) is 25.1 Å². The van der Waals surface area contributed by atoms with Crippen LogP contribution in [0.25, 0.3) is 0 Å². The molecular formula is C11H10BrF3N2. The van der Waals surface area contributed by atoms with Crippen molar-refractivity contribution < 1.29 is 13.2 Å². The highest BCUT2D eigenvalue weighted by Gasteiger charge is 2.31. The van der Waals surface area contributed by atoms with E-state index < -0.39 is 11.7 Å². The molecule has 1 aromatic carbocycles. The molecule has 0 aliphatic heterocycles. The van der Waals surface area contributed by atoms with E-state index in [1.54, 1.807) is 13.0 Å². The molecular weight excluding hydrogens is 297 g/mol. The molecule has 0 aliphatic rings. The highest BCUT2D eigenvalue weighted by Crippen LogP contribution is 2.33. The number of anilines is 1. The van der Waals surface area contributed by atoms with Crippen LogP contribution in [0.5, 0.6) is 0 Å². The van der Waals surface area contributed by atoms with Crippen LogP contribution in [0.15, 0.2) is 22.7 Å². The number of nitrogens with zero attached hydrogens (tertiary/aromatic N) is 1. The van der Waals surface area contributed by atoms with Crippen LogP contribution in [0, 0.1) is 11.3 Å². The molecule has 1 rings (SSSR count). The Kier molecular flexibility index (Phi) is 4.40. The molecule has 17 heavy (non-hydrogen) atoms. The number of nitrogens with one attached hydrogen (secondary N) is 1. The quantitative estimate of drug-likeness (QED) is 0.909. The predicted molar refractivity (Wildman–Crippen MR) is 62.5 cm³/mol. The number of halogens is 4. The van der Waals surface area contributed by atoms with E-state index in [0.717, 1.165) is 12.1 Å². The molecule has 6 heteroatoms. The lowest BCUT2D eigenvalue weighted by atomic mass is 10.1. The van der Waals surface area contributed by atoms with Crippen LogP contribution >= 0.6 is 15.9 Å². The van der Waals surface area contributed by atoms with E-state index in [2.05, 4.69) is 21.2 Å². The van der Waals surface area contributed by atoms with Crippen molar-refractivity contribution in [2.24, 2.45) is 0 Å². The Bertz CT molecular complexity index is 437. The molecule has 0 heterocycles. The second-order valence-electron chi connectivity index (χ2n) is 3.63. The molecule has 2 nitrogen and oxygen atoms in total. The Morgan fingerprint density at radius 2 is 2.06 bits per heavy atom. The first-order valence-corrected chi connectivity index (χ1v) is 5.63. The maximum atomic E-state index is 12.5. The van der Waals surface area contributed by atoms with Gasteiger partial charge in [0.1, 0.15) is 0 Å². The molecule has 0 fully saturated rings. The van der Waals surface area contributed by atoms with Crippen molar-refractivity contribution in [1.82, 2.24) is 0 Å². The molecule has 1 aromatic rings. The summed E-state index contributed by atoms with van der Waals surface area (Å²) in [6, 6.07) is 5.34. The summed E-state index contributed by atoms with van der Waals surface area (Å²) in [5.74, 6) is 0. The van der Waals surface area contributed by atoms with Crippen molar-refractivity contribution in [1.29, 1.82) is 5.26 Å². The van der Waals surface area contributed by atoms with Gasteiger partial charge in [0.2, 0.25) is 0 Å². The molecule has 1 unspecified atom stereocenters. The van der Waals surface area contributed by atoms with E-state index in [1.165, 1.54) is 0 Å². The van der Waals surface area contributed by atoms with Gasteiger partial charge < -0.3 is 5.32 Å². The Labute approximate surface area is 106 Å². The van der Waals surface area contributed by atoms with Gasteiger partial charge in [-0.3, -0.25) is 0 Å². The Hall–Kier alpha value is -1.22. The Morgan fingerprint density at radius 3 is 2.59 bits per heavy atom. The summed E-state index contributed by atoms with van der Waals surface area (Å²) in [6.45, 7) is 1.73. The largest absolute Gasteiger partial charge is 0.416 e. The summed E-state index contributed by atoms with van der Waals surface area (Å²) < 4.78 is 37.9. The van der Waals surface area contributed by atoms with Gasteiger partial charge in [-0.15, -0.1) is 0 Å². The second kappa shape index (κ2) is 5.41. The van der Waals surface area contributed by atoms with Gasteiger partial charge in [0, 0.05) is 16.2 Å². The fourth-order valence-electron chi connectivity index (χ4n) is 1.31. The third-order valence-corrected chi connectivity index (χ3v) is 2.49. The van der Waals surface area contributed by atoms with Crippen LogP contribution < -0.4 is 5.32 Å². The summed E-state index contributed by atoms with van der Waals surface area (Å²) in [4.78, 5) is 0. The van der Waals surface area contributed by atoms with Crippen LogP contribution in [0.2, 0.25) is 0 Å². The van der Waals surface area contributed by atoms with E-state index in [9.17, 15) is 13.2 Å². The molecule has 0 bridgehead atoms. The van der Waals surface area contributed by atoms with Crippen LogP contribution in [-0.2, 0) is 6.18 Å². The number of rotatable bonds is 3. The van der Waals surface area contributed by atoms with E-state index in [1.807, 2.05) is 6.07 Å². The fourth-order valence-corrected chi connectivity index (χ4v) is 1.80. The van der Waals surface area contributed by atoms with Gasteiger partial charge in [-0.25, -0.2) is 0 Å². The maximum absolute atomic E-state index is 12.5. The average Bonchev–Trinajstić information content (AvgIpc) is 2.15. The highest BCUT2D eigenvalue weighted by molar-refractivity contribution is 9.10. The minimum Gasteiger partial charge on any atom is -0.382 e. The van der Waals surface area contributed by atoms with E-state index >= 15 is 0 Å². The second-order valence-corrected chi connectivity index (χ2v) is 4.55. The van der Waals surface area contributed by atoms with Gasteiger partial charge in [0.05, 0.1) is 18.1 Å².